The number of fused-ring (bicyclic) bond motifs is 23. The Morgan fingerprint density at radius 2 is 0.444 bits per heavy atom. The molecule has 0 unspecified atom stereocenters. The molecule has 0 amide bonds. The zero-order chi connectivity index (χ0) is 90.1. The molecule has 24 aromatic rings. The van der Waals surface area contributed by atoms with E-state index in [9.17, 15) is 0 Å². The molecule has 3 aliphatic carbocycles. The third-order valence-corrected chi connectivity index (χ3v) is 32.0. The van der Waals surface area contributed by atoms with Crippen LogP contribution in [0.5, 0.6) is 0 Å². The molecule has 0 atom stereocenters. The second-order valence-electron chi connectivity index (χ2n) is 38.2. The molecule has 0 aliphatic heterocycles. The topological polar surface area (TPSA) is 16.3 Å². The number of nitrogens with zero attached hydrogens (tertiary/aromatic N) is 4. The molecule has 0 spiro atoms. The van der Waals surface area contributed by atoms with Gasteiger partial charge >= 0.3 is 0 Å². The van der Waals surface area contributed by atoms with Gasteiger partial charge in [-0.15, -0.1) is 22.7 Å². The van der Waals surface area contributed by atoms with Crippen molar-refractivity contribution in [3.05, 3.63) is 482 Å². The van der Waals surface area contributed by atoms with Crippen LogP contribution in [0, 0.1) is 0 Å². The Hall–Kier alpha value is -16.0. The van der Waals surface area contributed by atoms with Gasteiger partial charge in [-0.2, -0.15) is 0 Å². The number of hydrogen-bond acceptors (Lipinski definition) is 4. The SMILES string of the molecule is CC1(C)c2ccccc2-c2ccc(N(c3ccc(-c4ccc5c(c4)c4c6sc7ccccc7c6ccc4n5-c4ccc(-c5ccccc5)cc4)cc3)c3ccc4c(c3)C(C)(C)c3ccccc3-4)cc21.CC1(C)c2ccccc2-c2ccc(N(c3ccc(-c4ccccc4)cc3)c3ccc(-c4ccc5c(c4)c4c6sc7ccccc7c6ccc4n5-c4ccc(-c5ccccc5)cc4)cc3)cc21. The zero-order valence-corrected chi connectivity index (χ0v) is 77.5. The van der Waals surface area contributed by atoms with Crippen LogP contribution in [0.1, 0.15) is 74.9 Å². The lowest BCUT2D eigenvalue weighted by atomic mass is 9.82. The third kappa shape index (κ3) is 12.8. The van der Waals surface area contributed by atoms with Gasteiger partial charge in [-0.25, -0.2) is 0 Å². The van der Waals surface area contributed by atoms with Crippen LogP contribution in [0.3, 0.4) is 0 Å². The second-order valence-corrected chi connectivity index (χ2v) is 40.3. The molecule has 0 saturated heterocycles. The highest BCUT2D eigenvalue weighted by Gasteiger charge is 2.40. The van der Waals surface area contributed by atoms with E-state index in [1.807, 2.05) is 22.7 Å². The highest BCUT2D eigenvalue weighted by Crippen LogP contribution is 2.57. The first-order valence-electron chi connectivity index (χ1n) is 47.0. The van der Waals surface area contributed by atoms with Gasteiger partial charge < -0.3 is 18.9 Å². The van der Waals surface area contributed by atoms with Crippen LogP contribution in [0.25, 0.3) is 184 Å². The van der Waals surface area contributed by atoms with Crippen molar-refractivity contribution < 1.29 is 0 Å². The van der Waals surface area contributed by atoms with E-state index in [1.54, 1.807) is 0 Å². The maximum absolute atomic E-state index is 2.47. The van der Waals surface area contributed by atoms with Crippen LogP contribution in [0.2, 0.25) is 0 Å². The van der Waals surface area contributed by atoms with Gasteiger partial charge in [-0.05, 0) is 268 Å². The van der Waals surface area contributed by atoms with Crippen molar-refractivity contribution in [1.29, 1.82) is 0 Å². The Morgan fingerprint density at radius 1 is 0.185 bits per heavy atom. The van der Waals surface area contributed by atoms with Crippen LogP contribution in [-0.4, -0.2) is 9.13 Å². The first kappa shape index (κ1) is 79.9. The maximum Gasteiger partial charge on any atom is 0.0555 e. The van der Waals surface area contributed by atoms with E-state index >= 15 is 0 Å². The molecule has 4 aromatic heterocycles. The number of benzene rings is 20. The summed E-state index contributed by atoms with van der Waals surface area (Å²) >= 11 is 3.81. The molecule has 3 aliphatic rings. The molecular weight excluding hydrogens is 1670 g/mol. The second kappa shape index (κ2) is 31.1. The lowest BCUT2D eigenvalue weighted by molar-refractivity contribution is 0.660. The summed E-state index contributed by atoms with van der Waals surface area (Å²) in [5.41, 5.74) is 42.0. The Labute approximate surface area is 794 Å². The van der Waals surface area contributed by atoms with Gasteiger partial charge in [0.05, 0.1) is 22.1 Å². The highest BCUT2D eigenvalue weighted by molar-refractivity contribution is 7.27. The van der Waals surface area contributed by atoms with Gasteiger partial charge in [0.25, 0.3) is 0 Å². The van der Waals surface area contributed by atoms with Crippen molar-refractivity contribution in [3.63, 3.8) is 0 Å². The summed E-state index contributed by atoms with van der Waals surface area (Å²) in [6, 6.07) is 167. The van der Waals surface area contributed by atoms with Gasteiger partial charge in [-0.3, -0.25) is 0 Å². The lowest BCUT2D eigenvalue weighted by Crippen LogP contribution is -2.18. The predicted octanol–water partition coefficient (Wildman–Crippen LogP) is 36.5. The summed E-state index contributed by atoms with van der Waals surface area (Å²) in [6.45, 7) is 14.2. The molecule has 0 fully saturated rings. The van der Waals surface area contributed by atoms with Crippen molar-refractivity contribution in [2.75, 3.05) is 9.80 Å². The average Bonchev–Trinajstić information content (AvgIpc) is 1.57. The molecule has 0 bridgehead atoms. The van der Waals surface area contributed by atoms with E-state index in [4.69, 9.17) is 0 Å². The highest BCUT2D eigenvalue weighted by atomic mass is 32.1. The predicted molar refractivity (Wildman–Crippen MR) is 577 cm³/mol. The summed E-state index contributed by atoms with van der Waals surface area (Å²) < 4.78 is 10.2. The van der Waals surface area contributed by atoms with Crippen LogP contribution >= 0.6 is 22.7 Å². The first-order chi connectivity index (χ1) is 66.2. The summed E-state index contributed by atoms with van der Waals surface area (Å²) in [5, 5.41) is 10.4. The van der Waals surface area contributed by atoms with Gasteiger partial charge in [0.1, 0.15) is 0 Å². The Balaban J connectivity index is 0.000000141. The number of hydrogen-bond donors (Lipinski definition) is 0. The largest absolute Gasteiger partial charge is 0.310 e. The van der Waals surface area contributed by atoms with Crippen molar-refractivity contribution in [2.24, 2.45) is 0 Å². The van der Waals surface area contributed by atoms with Crippen LogP contribution < -0.4 is 9.80 Å². The summed E-state index contributed by atoms with van der Waals surface area (Å²) in [7, 11) is 0. The number of anilines is 6. The molecule has 135 heavy (non-hydrogen) atoms. The minimum Gasteiger partial charge on any atom is -0.310 e. The Kier molecular flexibility index (Phi) is 18.4. The Bertz CT molecular complexity index is 8790. The van der Waals surface area contributed by atoms with Crippen molar-refractivity contribution >= 4 is 141 Å². The summed E-state index contributed by atoms with van der Waals surface area (Å²) in [4.78, 5) is 4.89. The molecule has 640 valence electrons. The molecule has 4 nitrogen and oxygen atoms in total. The minimum absolute atomic E-state index is 0.108. The molecule has 27 rings (SSSR count). The minimum atomic E-state index is -0.117. The first-order valence-corrected chi connectivity index (χ1v) is 48.6. The van der Waals surface area contributed by atoms with Gasteiger partial charge in [-0.1, -0.05) is 345 Å². The van der Waals surface area contributed by atoms with Gasteiger partial charge in [0.2, 0.25) is 0 Å². The quantitative estimate of drug-likeness (QED) is 0.114. The zero-order valence-electron chi connectivity index (χ0n) is 75.8. The molecule has 4 heterocycles. The van der Waals surface area contributed by atoms with E-state index in [2.05, 4.69) is 509 Å². The Morgan fingerprint density at radius 3 is 0.793 bits per heavy atom. The van der Waals surface area contributed by atoms with E-state index in [1.165, 1.54) is 206 Å². The van der Waals surface area contributed by atoms with E-state index in [-0.39, 0.29) is 16.2 Å². The molecule has 0 radical (unpaired) electrons. The van der Waals surface area contributed by atoms with E-state index in [0.717, 1.165) is 45.5 Å². The smallest absolute Gasteiger partial charge is 0.0555 e. The van der Waals surface area contributed by atoms with Crippen LogP contribution in [-0.2, 0) is 16.2 Å². The molecule has 20 aromatic carbocycles. The monoisotopic (exact) mass is 1760 g/mol. The summed E-state index contributed by atoms with van der Waals surface area (Å²) in [6.07, 6.45) is 0. The van der Waals surface area contributed by atoms with Gasteiger partial charge in [0, 0.05) is 124 Å². The fourth-order valence-electron chi connectivity index (χ4n) is 22.8. The van der Waals surface area contributed by atoms with Crippen molar-refractivity contribution in [3.8, 4) is 100 Å². The fraction of sp³-hybridized carbons (Fsp3) is 0.0698. The normalized spacial score (nSPS) is 13.4. The van der Waals surface area contributed by atoms with E-state index in [0.29, 0.717) is 0 Å². The molecule has 0 N–H and O–H groups in total. The lowest BCUT2D eigenvalue weighted by Gasteiger charge is -2.30. The number of thiophene rings is 2. The third-order valence-electron chi connectivity index (χ3n) is 29.6. The summed E-state index contributed by atoms with van der Waals surface area (Å²) in [5.74, 6) is 0. The van der Waals surface area contributed by atoms with Gasteiger partial charge in [0.15, 0.2) is 0 Å². The molecule has 0 saturated carbocycles. The van der Waals surface area contributed by atoms with Crippen molar-refractivity contribution in [1.82, 2.24) is 9.13 Å². The maximum atomic E-state index is 2.47. The molecular formula is C129H92N4S2. The van der Waals surface area contributed by atoms with Crippen molar-refractivity contribution in [2.45, 2.75) is 57.8 Å². The molecule has 6 heteroatoms. The van der Waals surface area contributed by atoms with E-state index < -0.39 is 0 Å². The average molecular weight is 1760 g/mol. The number of aromatic nitrogens is 2. The van der Waals surface area contributed by atoms with Crippen LogP contribution in [0.4, 0.5) is 34.1 Å². The van der Waals surface area contributed by atoms with Crippen LogP contribution in [0.15, 0.2) is 449 Å². The standard InChI is InChI=1S/C66H48N2S.C63H44N2S/c1-65(2)56-19-11-8-16-49(56)51-33-31-47(39-58(51)65)67(48-32-34-52-50-17-9-12-20-57(50)66(3,4)59(52)40-48)45-27-24-43(25-28-45)44-26-36-60-55(38-44)63-61(37-35-54-53-18-10-13-21-62(53)69-64(54)63)68(60)46-29-22-42(23-30-46)41-14-6-5-7-15-41;1-63(2)56-19-11-9-17-51(56)52-35-34-50(40-57(52)63)64(47-28-21-43(22-29-47)41-13-5-3-6-14-41)48-30-25-45(26-31-48)46-27-37-58-55(39-46)61-59(38-36-54-53-18-10-12-20-60(53)66-62(54)61)65(58)49-32-23-44(24-33-49)42-15-7-4-8-16-42/h5-40H,1-4H3;3-40H,1-2H3. The fourth-order valence-corrected chi connectivity index (χ4v) is 25.3. The number of rotatable bonds is 13.